The Hall–Kier alpha value is -3.04. The number of para-hydroxylation sites is 1. The van der Waals surface area contributed by atoms with Gasteiger partial charge in [-0.1, -0.05) is 57.9 Å². The number of nitrogens with one attached hydrogen (secondary N) is 1. The van der Waals surface area contributed by atoms with Crippen LogP contribution in [0.3, 0.4) is 0 Å². The molecule has 1 amide bonds. The standard InChI is InChI=1S/C22H19BrFN3O3S/c1-16-9-11-19(12-10-16)31(29,30)27(21-8-3-2-7-20(21)24)15-22(28)26-25-14-17-5-4-6-18(23)13-17/h2-14H,15H2,1H3,(H,26,28)/b25-14+. The zero-order valence-corrected chi connectivity index (χ0v) is 18.9. The van der Waals surface area contributed by atoms with Gasteiger partial charge in [0.25, 0.3) is 15.9 Å². The first-order chi connectivity index (χ1) is 14.8. The van der Waals surface area contributed by atoms with E-state index >= 15 is 0 Å². The molecule has 3 rings (SSSR count). The molecule has 0 radical (unpaired) electrons. The molecule has 0 aliphatic carbocycles. The van der Waals surface area contributed by atoms with Gasteiger partial charge in [-0.25, -0.2) is 18.2 Å². The summed E-state index contributed by atoms with van der Waals surface area (Å²) in [7, 11) is -4.20. The lowest BCUT2D eigenvalue weighted by Crippen LogP contribution is -2.40. The molecule has 0 aliphatic heterocycles. The van der Waals surface area contributed by atoms with Gasteiger partial charge in [-0.15, -0.1) is 0 Å². The van der Waals surface area contributed by atoms with Gasteiger partial charge in [-0.3, -0.25) is 9.10 Å². The Balaban J connectivity index is 1.86. The summed E-state index contributed by atoms with van der Waals surface area (Å²) in [5.74, 6) is -1.48. The fourth-order valence-electron chi connectivity index (χ4n) is 2.72. The molecule has 0 atom stereocenters. The number of amides is 1. The number of rotatable bonds is 7. The summed E-state index contributed by atoms with van der Waals surface area (Å²) in [5, 5.41) is 3.86. The highest BCUT2D eigenvalue weighted by atomic mass is 79.9. The molecule has 0 fully saturated rings. The van der Waals surface area contributed by atoms with E-state index in [1.807, 2.05) is 13.0 Å². The lowest BCUT2D eigenvalue weighted by molar-refractivity contribution is -0.119. The number of nitrogens with zero attached hydrogens (tertiary/aromatic N) is 2. The summed E-state index contributed by atoms with van der Waals surface area (Å²) < 4.78 is 42.4. The van der Waals surface area contributed by atoms with Crippen molar-refractivity contribution in [1.82, 2.24) is 5.43 Å². The molecule has 0 heterocycles. The Bertz CT molecular complexity index is 1210. The van der Waals surface area contributed by atoms with Crippen molar-refractivity contribution in [2.45, 2.75) is 11.8 Å². The minimum absolute atomic E-state index is 0.0493. The third-order valence-electron chi connectivity index (χ3n) is 4.27. The topological polar surface area (TPSA) is 78.8 Å². The van der Waals surface area contributed by atoms with Crippen LogP contribution in [0.25, 0.3) is 0 Å². The van der Waals surface area contributed by atoms with Crippen molar-refractivity contribution in [3.63, 3.8) is 0 Å². The van der Waals surface area contributed by atoms with Crippen molar-refractivity contribution < 1.29 is 17.6 Å². The first-order valence-corrected chi connectivity index (χ1v) is 11.4. The Morgan fingerprint density at radius 2 is 1.81 bits per heavy atom. The van der Waals surface area contributed by atoms with Crippen LogP contribution in [0.4, 0.5) is 10.1 Å². The van der Waals surface area contributed by atoms with E-state index in [4.69, 9.17) is 0 Å². The van der Waals surface area contributed by atoms with Crippen molar-refractivity contribution in [3.8, 4) is 0 Å². The van der Waals surface area contributed by atoms with Gasteiger partial charge in [0.1, 0.15) is 12.4 Å². The van der Waals surface area contributed by atoms with Crippen LogP contribution in [0.5, 0.6) is 0 Å². The predicted octanol–water partition coefficient (Wildman–Crippen LogP) is 4.24. The van der Waals surface area contributed by atoms with Crippen molar-refractivity contribution >= 4 is 43.8 Å². The highest BCUT2D eigenvalue weighted by molar-refractivity contribution is 9.10. The molecule has 0 bridgehead atoms. The number of anilines is 1. The highest BCUT2D eigenvalue weighted by Crippen LogP contribution is 2.26. The van der Waals surface area contributed by atoms with Gasteiger partial charge in [-0.2, -0.15) is 5.10 Å². The zero-order valence-electron chi connectivity index (χ0n) is 16.5. The van der Waals surface area contributed by atoms with Crippen LogP contribution >= 0.6 is 15.9 Å². The molecule has 0 aromatic heterocycles. The minimum Gasteiger partial charge on any atom is -0.271 e. The Kier molecular flexibility index (Phi) is 7.19. The second-order valence-electron chi connectivity index (χ2n) is 6.62. The number of hydrogen-bond acceptors (Lipinski definition) is 4. The molecule has 3 aromatic carbocycles. The Morgan fingerprint density at radius 3 is 2.48 bits per heavy atom. The largest absolute Gasteiger partial charge is 0.271 e. The van der Waals surface area contributed by atoms with Crippen LogP contribution in [-0.2, 0) is 14.8 Å². The fraction of sp³-hybridized carbons (Fsp3) is 0.0909. The van der Waals surface area contributed by atoms with Crippen molar-refractivity contribution in [1.29, 1.82) is 0 Å². The van der Waals surface area contributed by atoms with E-state index < -0.39 is 28.3 Å². The molecule has 160 valence electrons. The van der Waals surface area contributed by atoms with Gasteiger partial charge in [-0.05, 0) is 48.9 Å². The molecule has 0 spiro atoms. The van der Waals surface area contributed by atoms with Gasteiger partial charge in [0.2, 0.25) is 0 Å². The Morgan fingerprint density at radius 1 is 1.10 bits per heavy atom. The van der Waals surface area contributed by atoms with E-state index in [0.29, 0.717) is 0 Å². The minimum atomic E-state index is -4.20. The molecule has 0 aliphatic rings. The van der Waals surface area contributed by atoms with Crippen LogP contribution in [0.15, 0.2) is 87.3 Å². The van der Waals surface area contributed by atoms with Crippen LogP contribution in [0, 0.1) is 12.7 Å². The third kappa shape index (κ3) is 5.77. The number of carbonyl (C=O) groups excluding carboxylic acids is 1. The number of hydrazone groups is 1. The average molecular weight is 504 g/mol. The summed E-state index contributed by atoms with van der Waals surface area (Å²) >= 11 is 3.34. The van der Waals surface area contributed by atoms with Gasteiger partial charge in [0.05, 0.1) is 16.8 Å². The first-order valence-electron chi connectivity index (χ1n) is 9.19. The Labute approximate surface area is 188 Å². The normalized spacial score (nSPS) is 11.5. The van der Waals surface area contributed by atoms with E-state index in [1.54, 1.807) is 30.3 Å². The quantitative estimate of drug-likeness (QED) is 0.386. The molecule has 31 heavy (non-hydrogen) atoms. The van der Waals surface area contributed by atoms with Gasteiger partial charge >= 0.3 is 0 Å². The molecule has 0 unspecified atom stereocenters. The molecular weight excluding hydrogens is 485 g/mol. The maximum atomic E-state index is 14.4. The number of benzene rings is 3. The summed E-state index contributed by atoms with van der Waals surface area (Å²) in [6.45, 7) is 1.18. The molecule has 0 saturated carbocycles. The van der Waals surface area contributed by atoms with Crippen LogP contribution in [0.1, 0.15) is 11.1 Å². The van der Waals surface area contributed by atoms with E-state index in [0.717, 1.165) is 26.0 Å². The van der Waals surface area contributed by atoms with Gasteiger partial charge in [0, 0.05) is 4.47 Å². The third-order valence-corrected chi connectivity index (χ3v) is 6.54. The highest BCUT2D eigenvalue weighted by Gasteiger charge is 2.29. The van der Waals surface area contributed by atoms with Crippen molar-refractivity contribution in [3.05, 3.63) is 94.2 Å². The molecule has 1 N–H and O–H groups in total. The van der Waals surface area contributed by atoms with E-state index in [1.165, 1.54) is 36.5 Å². The smallest absolute Gasteiger partial charge is 0.264 e. The van der Waals surface area contributed by atoms with Crippen LogP contribution in [-0.4, -0.2) is 27.1 Å². The van der Waals surface area contributed by atoms with Crippen molar-refractivity contribution in [2.75, 3.05) is 10.8 Å². The fourth-order valence-corrected chi connectivity index (χ4v) is 4.57. The number of sulfonamides is 1. The van der Waals surface area contributed by atoms with E-state index in [9.17, 15) is 17.6 Å². The molecule has 6 nitrogen and oxygen atoms in total. The number of hydrogen-bond donors (Lipinski definition) is 1. The number of carbonyl (C=O) groups is 1. The van der Waals surface area contributed by atoms with Crippen LogP contribution < -0.4 is 9.73 Å². The maximum Gasteiger partial charge on any atom is 0.264 e. The van der Waals surface area contributed by atoms with Gasteiger partial charge < -0.3 is 0 Å². The van der Waals surface area contributed by atoms with Crippen molar-refractivity contribution in [2.24, 2.45) is 5.10 Å². The first kappa shape index (κ1) is 22.6. The second-order valence-corrected chi connectivity index (χ2v) is 9.40. The molecular formula is C22H19BrFN3O3S. The monoisotopic (exact) mass is 503 g/mol. The lowest BCUT2D eigenvalue weighted by atomic mass is 10.2. The molecule has 9 heteroatoms. The number of halogens is 2. The summed E-state index contributed by atoms with van der Waals surface area (Å²) in [5.41, 5.74) is 3.66. The predicted molar refractivity (Wildman–Crippen MR) is 122 cm³/mol. The average Bonchev–Trinajstić information content (AvgIpc) is 2.73. The maximum absolute atomic E-state index is 14.4. The number of aryl methyl sites for hydroxylation is 1. The summed E-state index contributed by atoms with van der Waals surface area (Å²) in [6, 6.07) is 18.7. The second kappa shape index (κ2) is 9.84. The SMILES string of the molecule is Cc1ccc(S(=O)(=O)N(CC(=O)N/N=C/c2cccc(Br)c2)c2ccccc2F)cc1. The molecule has 0 saturated heterocycles. The summed E-state index contributed by atoms with van der Waals surface area (Å²) in [4.78, 5) is 12.4. The molecule has 3 aromatic rings. The van der Waals surface area contributed by atoms with Gasteiger partial charge in [0.15, 0.2) is 0 Å². The van der Waals surface area contributed by atoms with E-state index in [-0.39, 0.29) is 10.6 Å². The lowest BCUT2D eigenvalue weighted by Gasteiger charge is -2.24. The van der Waals surface area contributed by atoms with Crippen LogP contribution in [0.2, 0.25) is 0 Å². The summed E-state index contributed by atoms with van der Waals surface area (Å²) in [6.07, 6.45) is 1.42. The zero-order chi connectivity index (χ0) is 22.4. The van der Waals surface area contributed by atoms with E-state index in [2.05, 4.69) is 26.5 Å².